The number of rotatable bonds is 45. The molecule has 16 atom stereocenters. The van der Waals surface area contributed by atoms with E-state index < -0.39 is 254 Å². The number of amides is 14. The van der Waals surface area contributed by atoms with Gasteiger partial charge in [0.05, 0.1) is 66.6 Å². The van der Waals surface area contributed by atoms with Gasteiger partial charge in [-0.25, -0.2) is 14.4 Å². The molecule has 4 aromatic rings. The Morgan fingerprint density at radius 2 is 1.29 bits per heavy atom. The molecule has 7 unspecified atom stereocenters. The van der Waals surface area contributed by atoms with Crippen LogP contribution >= 0.6 is 21.6 Å². The van der Waals surface area contributed by atoms with Gasteiger partial charge in [0.25, 0.3) is 0 Å². The molecule has 1 fully saturated rings. The number of aliphatic carboxylic acids is 3. The van der Waals surface area contributed by atoms with Crippen LogP contribution in [0.3, 0.4) is 0 Å². The lowest BCUT2D eigenvalue weighted by Gasteiger charge is -2.41. The van der Waals surface area contributed by atoms with E-state index in [2.05, 4.69) is 68.8 Å². The van der Waals surface area contributed by atoms with Gasteiger partial charge >= 0.3 is 23.9 Å². The molecule has 0 saturated carbocycles. The number of primary amides is 1. The molecule has 14 amide bonds. The molecule has 3 aromatic carbocycles. The van der Waals surface area contributed by atoms with Gasteiger partial charge in [-0.2, -0.15) is 0 Å². The van der Waals surface area contributed by atoms with Crippen molar-refractivity contribution >= 4 is 144 Å². The third kappa shape index (κ3) is 33.1. The molecule has 2 bridgehead atoms. The van der Waals surface area contributed by atoms with Gasteiger partial charge < -0.3 is 115 Å². The Morgan fingerprint density at radius 3 is 1.91 bits per heavy atom. The number of carboxylic acids is 3. The van der Waals surface area contributed by atoms with Gasteiger partial charge in [-0.1, -0.05) is 136 Å². The largest absolute Gasteiger partial charge is 0.493 e. The first-order valence-corrected chi connectivity index (χ1v) is 46.2. The zero-order valence-electron chi connectivity index (χ0n) is 71.7. The molecule has 0 aliphatic carbocycles. The van der Waals surface area contributed by atoms with E-state index in [1.807, 2.05) is 60.8 Å². The van der Waals surface area contributed by atoms with Gasteiger partial charge in [0.1, 0.15) is 59.1 Å². The molecule has 41 nitrogen and oxygen atoms in total. The molecule has 4 heterocycles. The van der Waals surface area contributed by atoms with Crippen molar-refractivity contribution in [2.45, 2.75) is 232 Å². The quantitative estimate of drug-likeness (QED) is 0.0137. The average Bonchev–Trinajstić information content (AvgIpc) is 1.60. The fraction of sp³-hybridized carbons (Fsp3) is 0.560. The second-order valence-electron chi connectivity index (χ2n) is 31.9. The van der Waals surface area contributed by atoms with Crippen molar-refractivity contribution in [3.63, 3.8) is 0 Å². The highest BCUT2D eigenvalue weighted by molar-refractivity contribution is 8.76. The van der Waals surface area contributed by atoms with E-state index in [-0.39, 0.29) is 85.3 Å². The van der Waals surface area contributed by atoms with Crippen molar-refractivity contribution in [1.29, 1.82) is 0 Å². The lowest BCUT2D eigenvalue weighted by molar-refractivity contribution is -0.147. The highest BCUT2D eigenvalue weighted by Crippen LogP contribution is 2.34. The van der Waals surface area contributed by atoms with E-state index in [4.69, 9.17) is 15.6 Å². The molecule has 0 radical (unpaired) electrons. The molecule has 3 aliphatic rings. The van der Waals surface area contributed by atoms with Crippen LogP contribution in [0.5, 0.6) is 5.75 Å². The second-order valence-corrected chi connectivity index (χ2v) is 36.2. The third-order valence-electron chi connectivity index (χ3n) is 21.9. The molecular formula is C84H118N16O25S3. The smallest absolute Gasteiger partial charge is 0.326 e. The summed E-state index contributed by atoms with van der Waals surface area (Å²) < 4.78 is 21.6. The van der Waals surface area contributed by atoms with Crippen LogP contribution in [-0.2, 0) is 107 Å². The number of aldehydes is 1. The number of nitrogens with one attached hydrogen (secondary N) is 14. The zero-order chi connectivity index (χ0) is 93.7. The van der Waals surface area contributed by atoms with Crippen molar-refractivity contribution in [2.24, 2.45) is 17.6 Å². The maximum Gasteiger partial charge on any atom is 0.326 e. The first kappa shape index (κ1) is 104. The standard InChI is InChI=1S/C84H118N16O25S3/c1-5-47(2)71-77(116)89-41-68(108)91-63-45-128(124)79-55(39-62(74(113)88-42-69(109)98-71)94-78(117)72(49(4)64(104)44-101)99-84(46-102)40-52(103)43-100(84)80(118)56(92-76(63)115)25-28-65(85)105)54-24-23-53(38-59(54)95-79)125-34-17-35-126-127-48(3)31-33-87-73(112)60(36-50-18-11-9-12-19-50)93-75(114)61(37-51-20-13-10-14-21-51)90-67(107)22-15-7-6-8-16-32-86-66(106)29-26-57(81(119)120)96-83(123)97-58(82(121)122)27-30-70(110)111/h9-14,18-21,23-24,38,46-49,52,56-58,60-64,71-72,95,99,101,103-104H,5-8,15-17,22,25-37,39-45H2,1-4H3,(H2,85,105)(H,86,106)(H,87,112)(H,88,113)(H,89,116)(H,90,107)(H,91,108)(H,92,115)(H,93,114)(H,94,117)(H,98,109)(H,110,111)(H,119,120)(H,121,122)(H2,96,97,123)/t47-,48?,49-,52+,56-,57?,58?,60-,61-,62?,63?,64-,71-,72-,84?,128?/m0/s1. The Bertz CT molecular complexity index is 4560. The van der Waals surface area contributed by atoms with Gasteiger partial charge in [-0.3, -0.25) is 76.6 Å². The minimum Gasteiger partial charge on any atom is -0.493 e. The number of aliphatic hydroxyl groups excluding tert-OH is 3. The fourth-order valence-corrected chi connectivity index (χ4v) is 18.3. The molecule has 44 heteroatoms. The molecular weight excluding hydrogens is 1730 g/mol. The number of carboxylic acid groups (broad SMARTS) is 3. The van der Waals surface area contributed by atoms with Crippen LogP contribution in [0.1, 0.15) is 147 Å². The molecule has 702 valence electrons. The average molecular weight is 1850 g/mol. The minimum absolute atomic E-state index is 0.00697. The van der Waals surface area contributed by atoms with Gasteiger partial charge in [0.15, 0.2) is 11.9 Å². The summed E-state index contributed by atoms with van der Waals surface area (Å²) in [6, 6.07) is 7.92. The van der Waals surface area contributed by atoms with Crippen molar-refractivity contribution < 1.29 is 121 Å². The molecule has 3 aliphatic heterocycles. The van der Waals surface area contributed by atoms with Crippen molar-refractivity contribution in [1.82, 2.24) is 79.0 Å². The van der Waals surface area contributed by atoms with Gasteiger partial charge in [-0.15, -0.1) is 0 Å². The zero-order valence-corrected chi connectivity index (χ0v) is 74.1. The summed E-state index contributed by atoms with van der Waals surface area (Å²) in [7, 11) is 0.677. The number of benzene rings is 3. The van der Waals surface area contributed by atoms with Crippen molar-refractivity contribution in [2.75, 3.05) is 57.4 Å². The number of aromatic nitrogens is 1. The van der Waals surface area contributed by atoms with Crippen molar-refractivity contribution in [3.8, 4) is 5.75 Å². The van der Waals surface area contributed by atoms with E-state index in [1.54, 1.807) is 65.8 Å². The summed E-state index contributed by atoms with van der Waals surface area (Å²) in [5, 5.41) is 94.1. The summed E-state index contributed by atoms with van der Waals surface area (Å²) in [5.41, 5.74) is 5.06. The number of aliphatic hydroxyl groups is 3. The van der Waals surface area contributed by atoms with E-state index in [9.17, 15) is 102 Å². The number of carbonyl (C=O) groups is 17. The summed E-state index contributed by atoms with van der Waals surface area (Å²) in [5.74, 6) is -16.2. The molecule has 7 rings (SSSR count). The van der Waals surface area contributed by atoms with Gasteiger partial charge in [0.2, 0.25) is 70.9 Å². The number of H-pyrrole nitrogens is 1. The number of nitrogens with zero attached hydrogens (tertiary/aromatic N) is 1. The number of urea groups is 1. The van der Waals surface area contributed by atoms with Gasteiger partial charge in [0, 0.05) is 99.4 Å². The monoisotopic (exact) mass is 1850 g/mol. The molecule has 1 aromatic heterocycles. The lowest BCUT2D eigenvalue weighted by Crippen LogP contribution is -2.68. The second kappa shape index (κ2) is 52.2. The Hall–Kier alpha value is -11.3. The maximum absolute atomic E-state index is 15.3. The van der Waals surface area contributed by atoms with Crippen LogP contribution in [0.15, 0.2) is 83.9 Å². The number of hydrogen-bond acceptors (Lipinski definition) is 25. The summed E-state index contributed by atoms with van der Waals surface area (Å²) >= 11 is 0. The summed E-state index contributed by atoms with van der Waals surface area (Å²) in [6.45, 7) is 4.17. The van der Waals surface area contributed by atoms with Crippen LogP contribution in [-0.4, -0.2) is 281 Å². The number of hydrogen-bond donors (Lipinski definition) is 21. The molecule has 22 N–H and O–H groups in total. The van der Waals surface area contributed by atoms with Crippen LogP contribution in [0.4, 0.5) is 4.79 Å². The van der Waals surface area contributed by atoms with E-state index >= 15 is 9.00 Å². The molecule has 0 spiro atoms. The van der Waals surface area contributed by atoms with E-state index in [1.165, 1.54) is 6.92 Å². The maximum atomic E-state index is 15.3. The van der Waals surface area contributed by atoms with E-state index in [0.717, 1.165) is 16.0 Å². The number of fused-ring (bicyclic) bond motifs is 5. The topological polar surface area (TPSA) is 639 Å². The Balaban J connectivity index is 0.984. The van der Waals surface area contributed by atoms with Crippen LogP contribution < -0.4 is 79.6 Å². The lowest BCUT2D eigenvalue weighted by atomic mass is 9.92. The van der Waals surface area contributed by atoms with Gasteiger partial charge in [-0.05, 0) is 79.7 Å². The minimum atomic E-state index is -2.45. The number of ether oxygens (including phenoxy) is 1. The van der Waals surface area contributed by atoms with E-state index in [0.29, 0.717) is 68.3 Å². The van der Waals surface area contributed by atoms with Crippen LogP contribution in [0.2, 0.25) is 0 Å². The SMILES string of the molecule is CC[C@H](C)[C@@H]1NC(=O)CNC(=O)C2Cc3c([nH]c4cc(OCCCSSC(C)CCNC(=O)[C@H](Cc5ccccc5)NC(=O)[C@H](Cc5ccccc5)NC(=O)CCCCCCCNC(=O)CCC(NC(=O)NC(CCC(=O)O)C(=O)O)C(=O)O)ccc34)S(=O)CC(NC(=O)CNC1=O)C(=O)N[C@@H](CCC(N)=O)C(=O)N1C[C@H](O)CC1(C=O)N[C@@H]([C@@H](C)[C@@H](O)CO)C(=O)N2. The highest BCUT2D eigenvalue weighted by atomic mass is 33.1. The molecule has 1 saturated heterocycles. The van der Waals surface area contributed by atoms with Crippen LogP contribution in [0.25, 0.3) is 10.9 Å². The first-order chi connectivity index (χ1) is 61.0. The Labute approximate surface area is 749 Å². The number of carbonyl (C=O) groups excluding carboxylic acids is 14. The highest BCUT2D eigenvalue weighted by Gasteiger charge is 2.53. The Kier molecular flexibility index (Phi) is 42.3. The van der Waals surface area contributed by atoms with Crippen LogP contribution in [0, 0.1) is 11.8 Å². The molecule has 128 heavy (non-hydrogen) atoms. The number of unbranched alkanes of at least 4 members (excludes halogenated alkanes) is 4. The normalized spacial score (nSPS) is 21.5. The summed E-state index contributed by atoms with van der Waals surface area (Å²) in [6.07, 6.45) is -2.20. The fourth-order valence-electron chi connectivity index (χ4n) is 14.5. The Morgan fingerprint density at radius 1 is 0.664 bits per heavy atom. The van der Waals surface area contributed by atoms with Crippen molar-refractivity contribution in [3.05, 3.63) is 95.6 Å². The third-order valence-corrected chi connectivity index (χ3v) is 26.4. The summed E-state index contributed by atoms with van der Waals surface area (Å²) in [4.78, 5) is 232. The first-order valence-electron chi connectivity index (χ1n) is 42.5. The predicted octanol–water partition coefficient (Wildman–Crippen LogP) is -1.43. The number of nitrogens with two attached hydrogens (primary N) is 1. The number of aromatic amines is 1. The predicted molar refractivity (Wildman–Crippen MR) is 468 cm³/mol.